The van der Waals surface area contributed by atoms with E-state index in [0.29, 0.717) is 43.2 Å². The Bertz CT molecular complexity index is 1100. The highest BCUT2D eigenvalue weighted by atomic mass is 16.5. The van der Waals surface area contributed by atoms with Crippen molar-refractivity contribution >= 4 is 17.4 Å². The van der Waals surface area contributed by atoms with Gasteiger partial charge in [-0.05, 0) is 82.4 Å². The van der Waals surface area contributed by atoms with Gasteiger partial charge < -0.3 is 24.4 Å². The number of likely N-dealkylation sites (tertiary alicyclic amines) is 1. The van der Waals surface area contributed by atoms with Gasteiger partial charge in [-0.15, -0.1) is 0 Å². The average molecular weight is 479 g/mol. The molecule has 7 nitrogen and oxygen atoms in total. The topological polar surface area (TPSA) is 79.3 Å². The molecule has 7 heteroatoms. The van der Waals surface area contributed by atoms with Gasteiger partial charge in [0.05, 0.1) is 18.2 Å². The van der Waals surface area contributed by atoms with Gasteiger partial charge in [0.25, 0.3) is 11.7 Å². The van der Waals surface area contributed by atoms with Crippen molar-refractivity contribution in [2.75, 3.05) is 40.4 Å². The van der Waals surface area contributed by atoms with Crippen LogP contribution in [0.5, 0.6) is 11.5 Å². The normalized spacial score (nSPS) is 17.2. The van der Waals surface area contributed by atoms with E-state index in [1.54, 1.807) is 41.3 Å². The van der Waals surface area contributed by atoms with Gasteiger partial charge in [0.15, 0.2) is 0 Å². The lowest BCUT2D eigenvalue weighted by Gasteiger charge is -2.26. The Morgan fingerprint density at radius 1 is 1.14 bits per heavy atom. The van der Waals surface area contributed by atoms with E-state index in [2.05, 4.69) is 6.58 Å². The van der Waals surface area contributed by atoms with Crippen molar-refractivity contribution in [1.82, 2.24) is 9.80 Å². The first-order valence-corrected chi connectivity index (χ1v) is 11.8. The lowest BCUT2D eigenvalue weighted by atomic mass is 9.94. The maximum atomic E-state index is 13.2. The van der Waals surface area contributed by atoms with Crippen LogP contribution < -0.4 is 9.47 Å². The summed E-state index contributed by atoms with van der Waals surface area (Å²) in [7, 11) is 3.92. The SMILES string of the molecule is C=CCOc1ccc([C@@H]2C(=C(O)c3ccc(OCC)c(C)c3)C(=O)C(=O)N2CCCN(C)C)cc1. The zero-order valence-corrected chi connectivity index (χ0v) is 20.9. The first kappa shape index (κ1) is 26.0. The smallest absolute Gasteiger partial charge is 0.295 e. The molecule has 2 aromatic carbocycles. The second-order valence-corrected chi connectivity index (χ2v) is 8.73. The van der Waals surface area contributed by atoms with Crippen LogP contribution in [0.15, 0.2) is 60.7 Å². The molecule has 1 fully saturated rings. The van der Waals surface area contributed by atoms with Gasteiger partial charge in [-0.25, -0.2) is 0 Å². The average Bonchev–Trinajstić information content (AvgIpc) is 3.09. The number of aliphatic hydroxyl groups is 1. The number of carbonyl (C=O) groups is 2. The fraction of sp³-hybridized carbons (Fsp3) is 0.357. The molecule has 1 N–H and O–H groups in total. The first-order valence-electron chi connectivity index (χ1n) is 11.8. The lowest BCUT2D eigenvalue weighted by molar-refractivity contribution is -0.139. The van der Waals surface area contributed by atoms with Gasteiger partial charge in [-0.1, -0.05) is 24.8 Å². The Morgan fingerprint density at radius 3 is 2.46 bits per heavy atom. The number of benzene rings is 2. The molecule has 1 saturated heterocycles. The Hall–Kier alpha value is -3.58. The standard InChI is InChI=1S/C28H34N2O5/c1-6-17-35-22-12-9-20(10-13-22)25-24(27(32)28(33)30(25)16-8-15-29(4)5)26(31)21-11-14-23(34-7-2)19(3)18-21/h6,9-14,18,25,31H,1,7-8,15-17H2,2-5H3/t25-/m1/s1. The number of hydrogen-bond donors (Lipinski definition) is 1. The summed E-state index contributed by atoms with van der Waals surface area (Å²) in [6.07, 6.45) is 2.35. The third-order valence-corrected chi connectivity index (χ3v) is 5.86. The number of ketones is 1. The van der Waals surface area contributed by atoms with Crippen LogP contribution in [0, 0.1) is 6.92 Å². The van der Waals surface area contributed by atoms with Gasteiger partial charge >= 0.3 is 0 Å². The minimum absolute atomic E-state index is 0.0863. The molecule has 1 atom stereocenters. The van der Waals surface area contributed by atoms with Gasteiger partial charge in [0, 0.05) is 12.1 Å². The number of rotatable bonds is 11. The molecule has 0 spiro atoms. The summed E-state index contributed by atoms with van der Waals surface area (Å²) in [5.74, 6) is -0.123. The Balaban J connectivity index is 2.06. The second kappa shape index (κ2) is 11.7. The molecule has 1 amide bonds. The molecule has 1 heterocycles. The number of nitrogens with zero attached hydrogens (tertiary/aromatic N) is 2. The molecular weight excluding hydrogens is 444 g/mol. The Kier molecular flexibility index (Phi) is 8.71. The number of hydrogen-bond acceptors (Lipinski definition) is 6. The zero-order chi connectivity index (χ0) is 25.5. The maximum absolute atomic E-state index is 13.2. The molecule has 0 unspecified atom stereocenters. The van der Waals surface area contributed by atoms with Gasteiger partial charge in [0.1, 0.15) is 23.9 Å². The molecule has 186 valence electrons. The highest BCUT2D eigenvalue weighted by molar-refractivity contribution is 6.46. The van der Waals surface area contributed by atoms with Gasteiger partial charge in [-0.3, -0.25) is 9.59 Å². The van der Waals surface area contributed by atoms with E-state index in [9.17, 15) is 14.7 Å². The molecule has 0 saturated carbocycles. The fourth-order valence-corrected chi connectivity index (χ4v) is 4.19. The van der Waals surface area contributed by atoms with Gasteiger partial charge in [-0.2, -0.15) is 0 Å². The molecule has 0 bridgehead atoms. The molecule has 1 aliphatic heterocycles. The third-order valence-electron chi connectivity index (χ3n) is 5.86. The van der Waals surface area contributed by atoms with E-state index in [0.717, 1.165) is 17.7 Å². The third kappa shape index (κ3) is 5.92. The summed E-state index contributed by atoms with van der Waals surface area (Å²) in [5, 5.41) is 11.3. The van der Waals surface area contributed by atoms with E-state index < -0.39 is 17.7 Å². The van der Waals surface area contributed by atoms with E-state index in [4.69, 9.17) is 9.47 Å². The zero-order valence-electron chi connectivity index (χ0n) is 20.9. The van der Waals surface area contributed by atoms with Crippen LogP contribution in [-0.2, 0) is 9.59 Å². The van der Waals surface area contributed by atoms with Crippen molar-refractivity contribution in [3.8, 4) is 11.5 Å². The summed E-state index contributed by atoms with van der Waals surface area (Å²) in [6, 6.07) is 11.8. The molecule has 0 aromatic heterocycles. The number of aliphatic hydroxyl groups excluding tert-OH is 1. The van der Waals surface area contributed by atoms with Crippen molar-refractivity contribution in [2.24, 2.45) is 0 Å². The Morgan fingerprint density at radius 2 is 1.86 bits per heavy atom. The number of carbonyl (C=O) groups excluding carboxylic acids is 2. The molecule has 0 radical (unpaired) electrons. The van der Waals surface area contributed by atoms with E-state index in [-0.39, 0.29) is 11.3 Å². The largest absolute Gasteiger partial charge is 0.507 e. The molecule has 0 aliphatic carbocycles. The van der Waals surface area contributed by atoms with E-state index in [1.807, 2.05) is 45.0 Å². The molecule has 1 aliphatic rings. The van der Waals surface area contributed by atoms with Crippen molar-refractivity contribution in [1.29, 1.82) is 0 Å². The minimum atomic E-state index is -0.697. The summed E-state index contributed by atoms with van der Waals surface area (Å²) >= 11 is 0. The van der Waals surface area contributed by atoms with Crippen LogP contribution >= 0.6 is 0 Å². The van der Waals surface area contributed by atoms with Crippen molar-refractivity contribution in [3.05, 3.63) is 77.4 Å². The molecular formula is C28H34N2O5. The highest BCUT2D eigenvalue weighted by Crippen LogP contribution is 2.40. The molecule has 3 rings (SSSR count). The quantitative estimate of drug-likeness (QED) is 0.224. The van der Waals surface area contributed by atoms with Crippen LogP contribution in [-0.4, -0.2) is 67.0 Å². The maximum Gasteiger partial charge on any atom is 0.295 e. The van der Waals surface area contributed by atoms with Crippen LogP contribution in [0.4, 0.5) is 0 Å². The predicted molar refractivity (Wildman–Crippen MR) is 137 cm³/mol. The predicted octanol–water partition coefficient (Wildman–Crippen LogP) is 4.33. The number of ether oxygens (including phenoxy) is 2. The molecule has 2 aromatic rings. The molecule has 35 heavy (non-hydrogen) atoms. The Labute approximate surface area is 207 Å². The first-order chi connectivity index (χ1) is 16.8. The van der Waals surface area contributed by atoms with E-state index in [1.165, 1.54) is 0 Å². The number of amides is 1. The highest BCUT2D eigenvalue weighted by Gasteiger charge is 2.45. The second-order valence-electron chi connectivity index (χ2n) is 8.73. The van der Waals surface area contributed by atoms with Crippen LogP contribution in [0.3, 0.4) is 0 Å². The van der Waals surface area contributed by atoms with E-state index >= 15 is 0 Å². The minimum Gasteiger partial charge on any atom is -0.507 e. The number of Topliss-reactive ketones (excluding diaryl/α,β-unsaturated/α-hetero) is 1. The monoisotopic (exact) mass is 478 g/mol. The van der Waals surface area contributed by atoms with Crippen LogP contribution in [0.25, 0.3) is 5.76 Å². The fourth-order valence-electron chi connectivity index (χ4n) is 4.19. The number of aryl methyl sites for hydroxylation is 1. The summed E-state index contributed by atoms with van der Waals surface area (Å²) in [5.41, 5.74) is 2.11. The van der Waals surface area contributed by atoms with Crippen molar-refractivity contribution < 1.29 is 24.2 Å². The van der Waals surface area contributed by atoms with Crippen molar-refractivity contribution in [2.45, 2.75) is 26.3 Å². The lowest BCUT2D eigenvalue weighted by Crippen LogP contribution is -2.32. The van der Waals surface area contributed by atoms with Gasteiger partial charge in [0.2, 0.25) is 0 Å². The van der Waals surface area contributed by atoms with Crippen molar-refractivity contribution in [3.63, 3.8) is 0 Å². The summed E-state index contributed by atoms with van der Waals surface area (Å²) in [4.78, 5) is 29.9. The summed E-state index contributed by atoms with van der Waals surface area (Å²) in [6.45, 7) is 9.48. The summed E-state index contributed by atoms with van der Waals surface area (Å²) < 4.78 is 11.2. The van der Waals surface area contributed by atoms with Crippen LogP contribution in [0.2, 0.25) is 0 Å². The van der Waals surface area contributed by atoms with Crippen LogP contribution in [0.1, 0.15) is 36.1 Å².